The fourth-order valence-electron chi connectivity index (χ4n) is 1.98. The zero-order valence-electron chi connectivity index (χ0n) is 10.1. The average molecular weight is 259 g/mol. The van der Waals surface area contributed by atoms with E-state index >= 15 is 0 Å². The smallest absolute Gasteiger partial charge is 0.130 e. The normalized spacial score (nSPS) is 11.0. The molecule has 3 N–H and O–H groups in total. The maximum Gasteiger partial charge on any atom is 0.130 e. The van der Waals surface area contributed by atoms with Gasteiger partial charge < -0.3 is 5.73 Å². The third-order valence-corrected chi connectivity index (χ3v) is 3.83. The summed E-state index contributed by atoms with van der Waals surface area (Å²) in [7, 11) is 1.85. The molecule has 0 aliphatic carbocycles. The highest BCUT2D eigenvalue weighted by Crippen LogP contribution is 2.38. The Bertz CT molecular complexity index is 677. The van der Waals surface area contributed by atoms with Gasteiger partial charge in [0.15, 0.2) is 0 Å². The Morgan fingerprint density at radius 2 is 2.28 bits per heavy atom. The Labute approximate surface area is 108 Å². The summed E-state index contributed by atoms with van der Waals surface area (Å²) < 4.78 is 1.71. The highest BCUT2D eigenvalue weighted by molar-refractivity contribution is 7.13. The second-order valence-corrected chi connectivity index (χ2v) is 5.07. The average Bonchev–Trinajstić information content (AvgIpc) is 3.02. The van der Waals surface area contributed by atoms with E-state index in [1.54, 1.807) is 22.2 Å². The molecule has 0 amide bonds. The molecule has 0 aliphatic rings. The van der Waals surface area contributed by atoms with Crippen molar-refractivity contribution in [1.29, 1.82) is 0 Å². The van der Waals surface area contributed by atoms with Gasteiger partial charge in [-0.15, -0.1) is 11.3 Å². The zero-order valence-corrected chi connectivity index (χ0v) is 11.0. The second kappa shape index (κ2) is 3.99. The number of rotatable bonds is 2. The minimum absolute atomic E-state index is 0.674. The van der Waals surface area contributed by atoms with Gasteiger partial charge in [-0.3, -0.25) is 9.78 Å². The second-order valence-electron chi connectivity index (χ2n) is 4.12. The molecule has 0 bridgehead atoms. The van der Waals surface area contributed by atoms with E-state index in [2.05, 4.69) is 21.4 Å². The number of nitrogens with two attached hydrogens (primary N) is 1. The highest BCUT2D eigenvalue weighted by atomic mass is 32.1. The van der Waals surface area contributed by atoms with Gasteiger partial charge in [-0.25, -0.2) is 0 Å². The lowest BCUT2D eigenvalue weighted by Crippen LogP contribution is -1.97. The molecule has 0 atom stereocenters. The molecular formula is C12H13N5S. The number of H-pyrrole nitrogens is 1. The van der Waals surface area contributed by atoms with E-state index in [0.717, 1.165) is 27.4 Å². The fraction of sp³-hybridized carbons (Fsp3) is 0.167. The van der Waals surface area contributed by atoms with Gasteiger partial charge in [0.25, 0.3) is 0 Å². The first-order valence-corrected chi connectivity index (χ1v) is 6.43. The maximum atomic E-state index is 6.13. The zero-order chi connectivity index (χ0) is 12.7. The summed E-state index contributed by atoms with van der Waals surface area (Å²) in [5.41, 5.74) is 9.97. The quantitative estimate of drug-likeness (QED) is 0.742. The fourth-order valence-corrected chi connectivity index (χ4v) is 2.76. The maximum absolute atomic E-state index is 6.13. The molecule has 3 aromatic heterocycles. The topological polar surface area (TPSA) is 72.5 Å². The Morgan fingerprint density at radius 3 is 2.89 bits per heavy atom. The molecule has 18 heavy (non-hydrogen) atoms. The number of hydrogen-bond donors (Lipinski definition) is 2. The van der Waals surface area contributed by atoms with Gasteiger partial charge in [0, 0.05) is 23.2 Å². The van der Waals surface area contributed by atoms with Gasteiger partial charge in [-0.05, 0) is 18.4 Å². The lowest BCUT2D eigenvalue weighted by molar-refractivity contribution is 0.782. The van der Waals surface area contributed by atoms with Crippen molar-refractivity contribution >= 4 is 17.2 Å². The van der Waals surface area contributed by atoms with Crippen molar-refractivity contribution in [3.05, 3.63) is 29.4 Å². The number of thiophene rings is 1. The van der Waals surface area contributed by atoms with E-state index in [1.165, 1.54) is 0 Å². The Kier molecular flexibility index (Phi) is 2.45. The molecule has 3 aromatic rings. The minimum Gasteiger partial charge on any atom is -0.383 e. The molecule has 3 heterocycles. The Balaban J connectivity index is 2.28. The van der Waals surface area contributed by atoms with Crippen LogP contribution in [-0.4, -0.2) is 20.0 Å². The standard InChI is InChI=1S/C12H13N5S/c1-7-8(6-14-15-7)11-10(9-4-3-5-18-9)12(13)17(2)16-11/h3-6H,13H2,1-2H3,(H,14,15). The minimum atomic E-state index is 0.674. The van der Waals surface area contributed by atoms with Crippen molar-refractivity contribution in [2.75, 3.05) is 5.73 Å². The number of nitrogen functional groups attached to an aromatic ring is 1. The molecule has 0 aliphatic heterocycles. The molecule has 0 aromatic carbocycles. The van der Waals surface area contributed by atoms with Crippen LogP contribution in [0.4, 0.5) is 5.82 Å². The molecule has 0 saturated carbocycles. The molecule has 0 radical (unpaired) electrons. The summed E-state index contributed by atoms with van der Waals surface area (Å²) in [5, 5.41) is 13.5. The van der Waals surface area contributed by atoms with Crippen LogP contribution in [0.2, 0.25) is 0 Å². The summed E-state index contributed by atoms with van der Waals surface area (Å²) in [5.74, 6) is 0.674. The Morgan fingerprint density at radius 1 is 1.44 bits per heavy atom. The van der Waals surface area contributed by atoms with Crippen LogP contribution in [0.1, 0.15) is 5.69 Å². The van der Waals surface area contributed by atoms with E-state index in [0.29, 0.717) is 5.82 Å². The number of aromatic amines is 1. The SMILES string of the molecule is Cc1[nH]ncc1-c1nn(C)c(N)c1-c1cccs1. The molecule has 0 spiro atoms. The van der Waals surface area contributed by atoms with Gasteiger partial charge in [-0.2, -0.15) is 10.2 Å². The van der Waals surface area contributed by atoms with Gasteiger partial charge in [0.1, 0.15) is 11.5 Å². The van der Waals surface area contributed by atoms with Crippen molar-refractivity contribution in [2.24, 2.45) is 7.05 Å². The lowest BCUT2D eigenvalue weighted by Gasteiger charge is -2.00. The predicted molar refractivity (Wildman–Crippen MR) is 73.3 cm³/mol. The molecule has 3 rings (SSSR count). The van der Waals surface area contributed by atoms with Crippen molar-refractivity contribution < 1.29 is 0 Å². The first kappa shape index (κ1) is 11.0. The van der Waals surface area contributed by atoms with E-state index < -0.39 is 0 Å². The Hall–Kier alpha value is -2.08. The number of aromatic nitrogens is 4. The third-order valence-electron chi connectivity index (χ3n) is 2.94. The largest absolute Gasteiger partial charge is 0.383 e. The summed E-state index contributed by atoms with van der Waals surface area (Å²) in [6, 6.07) is 4.06. The van der Waals surface area contributed by atoms with Crippen molar-refractivity contribution in [3.63, 3.8) is 0 Å². The number of nitrogens with zero attached hydrogens (tertiary/aromatic N) is 3. The predicted octanol–water partition coefficient (Wildman–Crippen LogP) is 2.43. The van der Waals surface area contributed by atoms with Crippen LogP contribution >= 0.6 is 11.3 Å². The highest BCUT2D eigenvalue weighted by Gasteiger charge is 2.20. The van der Waals surface area contributed by atoms with Crippen LogP contribution in [0.15, 0.2) is 23.7 Å². The van der Waals surface area contributed by atoms with Crippen LogP contribution in [0.5, 0.6) is 0 Å². The summed E-state index contributed by atoms with van der Waals surface area (Å²) in [6.07, 6.45) is 1.79. The molecule has 6 heteroatoms. The summed E-state index contributed by atoms with van der Waals surface area (Å²) in [4.78, 5) is 1.12. The van der Waals surface area contributed by atoms with E-state index in [9.17, 15) is 0 Å². The first-order chi connectivity index (χ1) is 8.68. The number of hydrogen-bond acceptors (Lipinski definition) is 4. The van der Waals surface area contributed by atoms with Gasteiger partial charge in [0.2, 0.25) is 0 Å². The van der Waals surface area contributed by atoms with Gasteiger partial charge in [-0.1, -0.05) is 6.07 Å². The van der Waals surface area contributed by atoms with Crippen LogP contribution in [0.3, 0.4) is 0 Å². The number of aryl methyl sites for hydroxylation is 2. The molecule has 92 valence electrons. The van der Waals surface area contributed by atoms with Crippen LogP contribution in [0.25, 0.3) is 21.7 Å². The van der Waals surface area contributed by atoms with Crippen molar-refractivity contribution in [1.82, 2.24) is 20.0 Å². The van der Waals surface area contributed by atoms with Crippen molar-refractivity contribution in [3.8, 4) is 21.7 Å². The van der Waals surface area contributed by atoms with Crippen molar-refractivity contribution in [2.45, 2.75) is 6.92 Å². The van der Waals surface area contributed by atoms with Crippen LogP contribution < -0.4 is 5.73 Å². The monoisotopic (exact) mass is 259 g/mol. The molecule has 5 nitrogen and oxygen atoms in total. The van der Waals surface area contributed by atoms with Gasteiger partial charge >= 0.3 is 0 Å². The van der Waals surface area contributed by atoms with Gasteiger partial charge in [0.05, 0.1) is 11.8 Å². The van der Waals surface area contributed by atoms with Crippen LogP contribution in [-0.2, 0) is 7.05 Å². The molecule has 0 unspecified atom stereocenters. The lowest BCUT2D eigenvalue weighted by atomic mass is 10.1. The third kappa shape index (κ3) is 1.53. The number of anilines is 1. The van der Waals surface area contributed by atoms with E-state index in [1.807, 2.05) is 25.4 Å². The summed E-state index contributed by atoms with van der Waals surface area (Å²) in [6.45, 7) is 1.98. The number of nitrogens with one attached hydrogen (secondary N) is 1. The molecule has 0 fully saturated rings. The first-order valence-electron chi connectivity index (χ1n) is 5.55. The van der Waals surface area contributed by atoms with E-state index in [4.69, 9.17) is 5.73 Å². The molecule has 0 saturated heterocycles. The molecular weight excluding hydrogens is 246 g/mol. The van der Waals surface area contributed by atoms with E-state index in [-0.39, 0.29) is 0 Å². The summed E-state index contributed by atoms with van der Waals surface area (Å²) >= 11 is 1.66. The van der Waals surface area contributed by atoms with Crippen LogP contribution in [0, 0.1) is 6.92 Å².